The van der Waals surface area contributed by atoms with E-state index in [4.69, 9.17) is 27.8 Å². The molecule has 1 fully saturated rings. The number of aliphatic hydroxyl groups is 1. The number of rotatable bonds is 8. The maximum atomic E-state index is 12.0. The Hall–Kier alpha value is -0.760. The molecule has 1 heterocycles. The third-order valence-electron chi connectivity index (χ3n) is 3.46. The second-order valence-electron chi connectivity index (χ2n) is 5.10. The Morgan fingerprint density at radius 2 is 2.15 bits per heavy atom. The third-order valence-corrected chi connectivity index (χ3v) is 3.66. The molecule has 0 spiro atoms. The van der Waals surface area contributed by atoms with Crippen LogP contribution in [0.3, 0.4) is 0 Å². The molecule has 6 nitrogen and oxygen atoms in total. The summed E-state index contributed by atoms with van der Waals surface area (Å²) in [7, 11) is 1.78. The van der Waals surface area contributed by atoms with Crippen molar-refractivity contribution in [1.82, 2.24) is 9.80 Å². The molecule has 0 bridgehead atoms. The first-order valence-corrected chi connectivity index (χ1v) is 7.41. The summed E-state index contributed by atoms with van der Waals surface area (Å²) in [6, 6.07) is 0. The van der Waals surface area contributed by atoms with Gasteiger partial charge in [-0.25, -0.2) is 0 Å². The second kappa shape index (κ2) is 9.23. The fourth-order valence-electron chi connectivity index (χ4n) is 2.17. The van der Waals surface area contributed by atoms with E-state index in [1.165, 1.54) is 0 Å². The van der Waals surface area contributed by atoms with Crippen LogP contribution in [0, 0.1) is 0 Å². The number of aliphatic hydroxyl groups excluding tert-OH is 1. The van der Waals surface area contributed by atoms with E-state index in [0.29, 0.717) is 31.1 Å². The van der Waals surface area contributed by atoms with E-state index in [1.54, 1.807) is 11.9 Å². The first kappa shape index (κ1) is 17.3. The lowest BCUT2D eigenvalue weighted by Crippen LogP contribution is -2.44. The van der Waals surface area contributed by atoms with Gasteiger partial charge in [-0.15, -0.1) is 0 Å². The minimum atomic E-state index is 0.0620. The topological polar surface area (TPSA) is 79.0 Å². The Bertz CT molecular complexity index is 320. The average molecular weight is 303 g/mol. The molecule has 3 N–H and O–H groups in total. The minimum Gasteiger partial charge on any atom is -0.394 e. The SMILES string of the molecule is CN(CCC(N)=S)C(=O)CN1CCC(OCCO)CC1. The summed E-state index contributed by atoms with van der Waals surface area (Å²) in [6.45, 7) is 3.17. The van der Waals surface area contributed by atoms with Crippen LogP contribution in [0.15, 0.2) is 0 Å². The predicted molar refractivity (Wildman–Crippen MR) is 81.5 cm³/mol. The molecule has 7 heteroatoms. The second-order valence-corrected chi connectivity index (χ2v) is 5.63. The van der Waals surface area contributed by atoms with Gasteiger partial charge in [-0.2, -0.15) is 0 Å². The van der Waals surface area contributed by atoms with Crippen molar-refractivity contribution in [2.24, 2.45) is 5.73 Å². The molecule has 0 saturated carbocycles. The number of amides is 1. The average Bonchev–Trinajstić information content (AvgIpc) is 2.43. The van der Waals surface area contributed by atoms with Gasteiger partial charge in [0.1, 0.15) is 0 Å². The smallest absolute Gasteiger partial charge is 0.236 e. The molecule has 20 heavy (non-hydrogen) atoms. The molecule has 0 aromatic heterocycles. The Kier molecular flexibility index (Phi) is 7.98. The highest BCUT2D eigenvalue weighted by atomic mass is 32.1. The van der Waals surface area contributed by atoms with Gasteiger partial charge in [0.15, 0.2) is 0 Å². The van der Waals surface area contributed by atoms with E-state index in [1.807, 2.05) is 0 Å². The number of hydrogen-bond donors (Lipinski definition) is 2. The van der Waals surface area contributed by atoms with Crippen LogP contribution in [0.2, 0.25) is 0 Å². The van der Waals surface area contributed by atoms with Crippen LogP contribution in [0.4, 0.5) is 0 Å². The molecule has 0 atom stereocenters. The largest absolute Gasteiger partial charge is 0.394 e. The quantitative estimate of drug-likeness (QED) is 0.594. The zero-order valence-corrected chi connectivity index (χ0v) is 12.9. The van der Waals surface area contributed by atoms with Crippen molar-refractivity contribution in [2.45, 2.75) is 25.4 Å². The van der Waals surface area contributed by atoms with Crippen LogP contribution in [-0.2, 0) is 9.53 Å². The van der Waals surface area contributed by atoms with Crippen LogP contribution in [-0.4, -0.2) is 78.3 Å². The van der Waals surface area contributed by atoms with Gasteiger partial charge < -0.3 is 20.5 Å². The van der Waals surface area contributed by atoms with Gasteiger partial charge in [0.25, 0.3) is 0 Å². The standard InChI is InChI=1S/C13H25N3O3S/c1-15(5-4-12(14)20)13(18)10-16-6-2-11(3-7-16)19-9-8-17/h11,17H,2-10H2,1H3,(H2,14,20). The van der Waals surface area contributed by atoms with Crippen molar-refractivity contribution < 1.29 is 14.6 Å². The van der Waals surface area contributed by atoms with E-state index in [9.17, 15) is 4.79 Å². The number of piperidine rings is 1. The van der Waals surface area contributed by atoms with Crippen molar-refractivity contribution in [3.05, 3.63) is 0 Å². The number of thiocarbonyl (C=S) groups is 1. The van der Waals surface area contributed by atoms with Gasteiger partial charge in [-0.05, 0) is 12.8 Å². The molecule has 116 valence electrons. The molecule has 1 amide bonds. The van der Waals surface area contributed by atoms with Crippen molar-refractivity contribution in [1.29, 1.82) is 0 Å². The van der Waals surface area contributed by atoms with Gasteiger partial charge in [-0.1, -0.05) is 12.2 Å². The van der Waals surface area contributed by atoms with Crippen molar-refractivity contribution >= 4 is 23.1 Å². The van der Waals surface area contributed by atoms with Gasteiger partial charge in [0, 0.05) is 33.1 Å². The zero-order valence-electron chi connectivity index (χ0n) is 12.1. The van der Waals surface area contributed by atoms with Crippen LogP contribution in [0.5, 0.6) is 0 Å². The highest BCUT2D eigenvalue weighted by Gasteiger charge is 2.22. The first-order valence-electron chi connectivity index (χ1n) is 7.00. The summed E-state index contributed by atoms with van der Waals surface area (Å²) in [4.78, 5) is 16.3. The van der Waals surface area contributed by atoms with E-state index in [0.717, 1.165) is 25.9 Å². The van der Waals surface area contributed by atoms with E-state index >= 15 is 0 Å². The Balaban J connectivity index is 2.22. The third kappa shape index (κ3) is 6.60. The number of hydrogen-bond acceptors (Lipinski definition) is 5. The highest BCUT2D eigenvalue weighted by Crippen LogP contribution is 2.13. The summed E-state index contributed by atoms with van der Waals surface area (Å²) < 4.78 is 5.50. The molecule has 0 aromatic carbocycles. The molecule has 1 aliphatic rings. The lowest BCUT2D eigenvalue weighted by atomic mass is 10.1. The summed E-state index contributed by atoms with van der Waals surface area (Å²) in [5, 5.41) is 8.71. The number of likely N-dealkylation sites (tertiary alicyclic amines) is 1. The van der Waals surface area contributed by atoms with E-state index in [2.05, 4.69) is 4.90 Å². The summed E-state index contributed by atoms with van der Waals surface area (Å²) in [5.74, 6) is 0.0935. The van der Waals surface area contributed by atoms with Crippen molar-refractivity contribution in [3.8, 4) is 0 Å². The zero-order chi connectivity index (χ0) is 15.0. The van der Waals surface area contributed by atoms with Gasteiger partial charge in [0.05, 0.1) is 30.9 Å². The fourth-order valence-corrected chi connectivity index (χ4v) is 2.26. The van der Waals surface area contributed by atoms with Gasteiger partial charge >= 0.3 is 0 Å². The first-order chi connectivity index (χ1) is 9.52. The fraction of sp³-hybridized carbons (Fsp3) is 0.846. The van der Waals surface area contributed by atoms with Crippen molar-refractivity contribution in [2.75, 3.05) is 46.4 Å². The lowest BCUT2D eigenvalue weighted by Gasteiger charge is -2.32. The number of carbonyl (C=O) groups is 1. The number of nitrogens with two attached hydrogens (primary N) is 1. The number of likely N-dealkylation sites (N-methyl/N-ethyl adjacent to an activating group) is 1. The maximum Gasteiger partial charge on any atom is 0.236 e. The monoisotopic (exact) mass is 303 g/mol. The van der Waals surface area contributed by atoms with E-state index < -0.39 is 0 Å². The molecular weight excluding hydrogens is 278 g/mol. The van der Waals surface area contributed by atoms with Gasteiger partial charge in [-0.3, -0.25) is 9.69 Å². The Labute approximate surface area is 125 Å². The summed E-state index contributed by atoms with van der Waals surface area (Å²) >= 11 is 4.81. The Morgan fingerprint density at radius 1 is 1.50 bits per heavy atom. The van der Waals surface area contributed by atoms with Crippen LogP contribution in [0.25, 0.3) is 0 Å². The molecule has 0 aromatic rings. The highest BCUT2D eigenvalue weighted by molar-refractivity contribution is 7.80. The molecule has 1 rings (SSSR count). The van der Waals surface area contributed by atoms with Crippen LogP contribution >= 0.6 is 12.2 Å². The molecule has 0 aliphatic carbocycles. The molecule has 1 aliphatic heterocycles. The summed E-state index contributed by atoms with van der Waals surface area (Å²) in [6.07, 6.45) is 2.59. The maximum absolute atomic E-state index is 12.0. The number of ether oxygens (including phenoxy) is 1. The normalized spacial score (nSPS) is 17.1. The number of carbonyl (C=O) groups excluding carboxylic acids is 1. The molecule has 0 unspecified atom stereocenters. The van der Waals surface area contributed by atoms with E-state index in [-0.39, 0.29) is 18.6 Å². The predicted octanol–water partition coefficient (Wildman–Crippen LogP) is -0.406. The molecule has 1 saturated heterocycles. The molecule has 0 radical (unpaired) electrons. The van der Waals surface area contributed by atoms with Crippen LogP contribution < -0.4 is 5.73 Å². The van der Waals surface area contributed by atoms with Crippen LogP contribution in [0.1, 0.15) is 19.3 Å². The Morgan fingerprint density at radius 3 is 2.70 bits per heavy atom. The molecular formula is C13H25N3O3S. The number of nitrogens with zero attached hydrogens (tertiary/aromatic N) is 2. The van der Waals surface area contributed by atoms with Crippen molar-refractivity contribution in [3.63, 3.8) is 0 Å². The lowest BCUT2D eigenvalue weighted by molar-refractivity contribution is -0.131. The minimum absolute atomic E-state index is 0.0620. The van der Waals surface area contributed by atoms with Gasteiger partial charge in [0.2, 0.25) is 5.91 Å². The summed E-state index contributed by atoms with van der Waals surface area (Å²) in [5.41, 5.74) is 5.43.